The summed E-state index contributed by atoms with van der Waals surface area (Å²) < 4.78 is 4.94. The third kappa shape index (κ3) is 4.03. The summed E-state index contributed by atoms with van der Waals surface area (Å²) in [5.74, 6) is 0.323. The maximum atomic E-state index is 12.0. The number of hydrogen-bond acceptors (Lipinski definition) is 5. The minimum absolute atomic E-state index is 0.270. The number of hydrogen-bond donors (Lipinski definition) is 2. The first kappa shape index (κ1) is 14.0. The summed E-state index contributed by atoms with van der Waals surface area (Å²) in [6, 6.07) is 10.8. The highest BCUT2D eigenvalue weighted by Gasteiger charge is 2.08. The summed E-state index contributed by atoms with van der Waals surface area (Å²) in [5, 5.41) is 5.82. The third-order valence-corrected chi connectivity index (χ3v) is 2.54. The molecular formula is C14H16N4O2. The first-order valence-corrected chi connectivity index (χ1v) is 6.21. The number of carbonyl (C=O) groups is 1. The summed E-state index contributed by atoms with van der Waals surface area (Å²) in [5.41, 5.74) is 1.04. The van der Waals surface area contributed by atoms with E-state index in [-0.39, 0.29) is 5.91 Å². The van der Waals surface area contributed by atoms with Gasteiger partial charge < -0.3 is 15.4 Å². The molecule has 0 fully saturated rings. The van der Waals surface area contributed by atoms with Crippen LogP contribution < -0.4 is 10.6 Å². The predicted octanol–water partition coefficient (Wildman–Crippen LogP) is 1.79. The van der Waals surface area contributed by atoms with Gasteiger partial charge in [0.1, 0.15) is 17.8 Å². The highest BCUT2D eigenvalue weighted by Crippen LogP contribution is 2.09. The van der Waals surface area contributed by atoms with Crippen molar-refractivity contribution in [3.63, 3.8) is 0 Å². The van der Waals surface area contributed by atoms with Gasteiger partial charge in [-0.05, 0) is 12.1 Å². The van der Waals surface area contributed by atoms with E-state index < -0.39 is 0 Å². The quantitative estimate of drug-likeness (QED) is 0.784. The van der Waals surface area contributed by atoms with Crippen LogP contribution in [0.3, 0.4) is 0 Å². The van der Waals surface area contributed by atoms with Gasteiger partial charge in [-0.2, -0.15) is 0 Å². The van der Waals surface area contributed by atoms with Gasteiger partial charge in [0.15, 0.2) is 0 Å². The molecule has 0 radical (unpaired) electrons. The van der Waals surface area contributed by atoms with Crippen LogP contribution in [0.25, 0.3) is 0 Å². The molecule has 104 valence electrons. The lowest BCUT2D eigenvalue weighted by Gasteiger charge is -2.07. The molecule has 0 bridgehead atoms. The Morgan fingerprint density at radius 1 is 1.25 bits per heavy atom. The largest absolute Gasteiger partial charge is 0.383 e. The number of nitrogens with one attached hydrogen (secondary N) is 2. The molecule has 1 aromatic carbocycles. The molecule has 6 heteroatoms. The molecule has 1 heterocycles. The predicted molar refractivity (Wildman–Crippen MR) is 76.8 cm³/mol. The van der Waals surface area contributed by atoms with Crippen molar-refractivity contribution in [1.82, 2.24) is 9.97 Å². The van der Waals surface area contributed by atoms with Gasteiger partial charge in [-0.1, -0.05) is 18.2 Å². The van der Waals surface area contributed by atoms with Gasteiger partial charge in [0, 0.05) is 25.4 Å². The van der Waals surface area contributed by atoms with Crippen LogP contribution in [0, 0.1) is 0 Å². The second kappa shape index (κ2) is 7.20. The Labute approximate surface area is 117 Å². The number of benzene rings is 1. The van der Waals surface area contributed by atoms with Crippen molar-refractivity contribution in [3.8, 4) is 0 Å². The molecule has 20 heavy (non-hydrogen) atoms. The van der Waals surface area contributed by atoms with Crippen molar-refractivity contribution >= 4 is 17.4 Å². The Kier molecular flexibility index (Phi) is 5.02. The van der Waals surface area contributed by atoms with E-state index in [1.54, 1.807) is 13.2 Å². The molecule has 1 aromatic heterocycles. The Hall–Kier alpha value is -2.47. The Bertz CT molecular complexity index is 560. The maximum absolute atomic E-state index is 12.0. The minimum atomic E-state index is -0.270. The van der Waals surface area contributed by atoms with Crippen molar-refractivity contribution in [2.45, 2.75) is 0 Å². The van der Waals surface area contributed by atoms with E-state index in [4.69, 9.17) is 4.74 Å². The summed E-state index contributed by atoms with van der Waals surface area (Å²) >= 11 is 0. The van der Waals surface area contributed by atoms with Gasteiger partial charge in [0.05, 0.1) is 6.61 Å². The van der Waals surface area contributed by atoms with Gasteiger partial charge in [-0.25, -0.2) is 9.97 Å². The lowest BCUT2D eigenvalue weighted by molar-refractivity contribution is 0.102. The Balaban J connectivity index is 2.01. The second-order valence-corrected chi connectivity index (χ2v) is 4.03. The summed E-state index contributed by atoms with van der Waals surface area (Å²) in [6.07, 6.45) is 1.36. The highest BCUT2D eigenvalue weighted by atomic mass is 16.5. The molecular weight excluding hydrogens is 256 g/mol. The van der Waals surface area contributed by atoms with E-state index >= 15 is 0 Å². The summed E-state index contributed by atoms with van der Waals surface area (Å²) in [4.78, 5) is 20.1. The highest BCUT2D eigenvalue weighted by molar-refractivity contribution is 6.03. The lowest BCUT2D eigenvalue weighted by Crippen LogP contribution is -2.15. The molecule has 0 spiro atoms. The van der Waals surface area contributed by atoms with Crippen molar-refractivity contribution in [2.75, 3.05) is 30.9 Å². The van der Waals surface area contributed by atoms with E-state index in [1.807, 2.05) is 30.3 Å². The van der Waals surface area contributed by atoms with E-state index in [2.05, 4.69) is 20.6 Å². The first-order chi connectivity index (χ1) is 9.79. The number of para-hydroxylation sites is 1. The number of rotatable bonds is 6. The van der Waals surface area contributed by atoms with E-state index in [0.29, 0.717) is 24.7 Å². The van der Waals surface area contributed by atoms with Crippen molar-refractivity contribution in [2.24, 2.45) is 0 Å². The number of methoxy groups -OCH3 is 1. The number of carbonyl (C=O) groups excluding carboxylic acids is 1. The minimum Gasteiger partial charge on any atom is -0.383 e. The zero-order valence-electron chi connectivity index (χ0n) is 11.2. The van der Waals surface area contributed by atoms with Crippen LogP contribution in [0.1, 0.15) is 10.5 Å². The SMILES string of the molecule is COCCNc1cc(C(=O)Nc2ccccc2)ncn1. The monoisotopic (exact) mass is 272 g/mol. The average Bonchev–Trinajstić information content (AvgIpc) is 2.49. The van der Waals surface area contributed by atoms with Crippen LogP contribution in [0.4, 0.5) is 11.5 Å². The number of ether oxygens (including phenoxy) is 1. The van der Waals surface area contributed by atoms with Crippen molar-refractivity contribution in [1.29, 1.82) is 0 Å². The van der Waals surface area contributed by atoms with E-state index in [1.165, 1.54) is 6.33 Å². The molecule has 0 unspecified atom stereocenters. The number of anilines is 2. The van der Waals surface area contributed by atoms with Gasteiger partial charge in [0.2, 0.25) is 0 Å². The molecule has 0 atom stereocenters. The molecule has 0 aliphatic heterocycles. The molecule has 0 saturated carbocycles. The topological polar surface area (TPSA) is 76.1 Å². The Morgan fingerprint density at radius 2 is 2.05 bits per heavy atom. The molecule has 0 saturated heterocycles. The lowest BCUT2D eigenvalue weighted by atomic mass is 10.3. The van der Waals surface area contributed by atoms with Crippen LogP contribution in [-0.4, -0.2) is 36.1 Å². The van der Waals surface area contributed by atoms with Crippen LogP contribution >= 0.6 is 0 Å². The molecule has 2 aromatic rings. The molecule has 2 rings (SSSR count). The summed E-state index contributed by atoms with van der Waals surface area (Å²) in [6.45, 7) is 1.18. The van der Waals surface area contributed by atoms with E-state index in [9.17, 15) is 4.79 Å². The number of aromatic nitrogens is 2. The first-order valence-electron chi connectivity index (χ1n) is 6.21. The molecule has 1 amide bonds. The van der Waals surface area contributed by atoms with Crippen LogP contribution in [0.5, 0.6) is 0 Å². The van der Waals surface area contributed by atoms with Gasteiger partial charge in [0.25, 0.3) is 5.91 Å². The third-order valence-electron chi connectivity index (χ3n) is 2.54. The number of amides is 1. The van der Waals surface area contributed by atoms with E-state index in [0.717, 1.165) is 5.69 Å². The maximum Gasteiger partial charge on any atom is 0.274 e. The Morgan fingerprint density at radius 3 is 2.80 bits per heavy atom. The molecule has 0 aliphatic rings. The fraction of sp³-hybridized carbons (Fsp3) is 0.214. The molecule has 6 nitrogen and oxygen atoms in total. The zero-order chi connectivity index (χ0) is 14.2. The standard InChI is InChI=1S/C14H16N4O2/c1-20-8-7-15-13-9-12(16-10-17-13)14(19)18-11-5-3-2-4-6-11/h2-6,9-10H,7-8H2,1H3,(H,18,19)(H,15,16,17). The van der Waals surface area contributed by atoms with Crippen LogP contribution in [-0.2, 0) is 4.74 Å². The van der Waals surface area contributed by atoms with Gasteiger partial charge in [-0.3, -0.25) is 4.79 Å². The van der Waals surface area contributed by atoms with Crippen LogP contribution in [0.15, 0.2) is 42.7 Å². The second-order valence-electron chi connectivity index (χ2n) is 4.03. The molecule has 0 aliphatic carbocycles. The van der Waals surface area contributed by atoms with Crippen LogP contribution in [0.2, 0.25) is 0 Å². The average molecular weight is 272 g/mol. The summed E-state index contributed by atoms with van der Waals surface area (Å²) in [7, 11) is 1.63. The van der Waals surface area contributed by atoms with Gasteiger partial charge in [-0.15, -0.1) is 0 Å². The van der Waals surface area contributed by atoms with Gasteiger partial charge >= 0.3 is 0 Å². The normalized spacial score (nSPS) is 10.1. The number of nitrogens with zero attached hydrogens (tertiary/aromatic N) is 2. The van der Waals surface area contributed by atoms with Crippen molar-refractivity contribution < 1.29 is 9.53 Å². The molecule has 2 N–H and O–H groups in total. The zero-order valence-corrected chi connectivity index (χ0v) is 11.2. The van der Waals surface area contributed by atoms with Crippen molar-refractivity contribution in [3.05, 3.63) is 48.4 Å². The fourth-order valence-electron chi connectivity index (χ4n) is 1.58. The fourth-order valence-corrected chi connectivity index (χ4v) is 1.58. The smallest absolute Gasteiger partial charge is 0.274 e.